The van der Waals surface area contributed by atoms with E-state index in [-0.39, 0.29) is 0 Å². The normalized spacial score (nSPS) is 11.9. The largest absolute Gasteiger partial charge is 0.417 e. The van der Waals surface area contributed by atoms with Gasteiger partial charge >= 0.3 is 6.18 Å². The van der Waals surface area contributed by atoms with Gasteiger partial charge in [0.15, 0.2) is 0 Å². The fraction of sp³-hybridized carbons (Fsp3) is 0.0714. The van der Waals surface area contributed by atoms with Crippen LogP contribution in [0.2, 0.25) is 0 Å². The minimum absolute atomic E-state index is 0.450. The monoisotopic (exact) mass is 262 g/mol. The molecule has 0 aliphatic rings. The van der Waals surface area contributed by atoms with Crippen molar-refractivity contribution in [2.45, 2.75) is 6.18 Å². The summed E-state index contributed by atoms with van der Waals surface area (Å²) >= 11 is 0. The Morgan fingerprint density at radius 1 is 0.947 bits per heavy atom. The molecule has 3 rings (SSSR count). The van der Waals surface area contributed by atoms with Crippen LogP contribution in [0.25, 0.3) is 22.0 Å². The minimum atomic E-state index is -4.38. The molecule has 0 radical (unpaired) electrons. The van der Waals surface area contributed by atoms with Gasteiger partial charge in [0.1, 0.15) is 0 Å². The number of hydrogen-bond acceptors (Lipinski definition) is 1. The van der Waals surface area contributed by atoms with E-state index in [0.717, 1.165) is 23.2 Å². The molecular formula is C14H9F3N2. The summed E-state index contributed by atoms with van der Waals surface area (Å²) in [6.45, 7) is 0. The van der Waals surface area contributed by atoms with Crippen LogP contribution >= 0.6 is 0 Å². The highest BCUT2D eigenvalue weighted by molar-refractivity contribution is 5.84. The van der Waals surface area contributed by atoms with Crippen molar-refractivity contribution in [3.8, 4) is 11.1 Å². The van der Waals surface area contributed by atoms with Gasteiger partial charge in [-0.2, -0.15) is 13.2 Å². The Morgan fingerprint density at radius 3 is 2.58 bits per heavy atom. The molecular weight excluding hydrogens is 253 g/mol. The second-order valence-electron chi connectivity index (χ2n) is 4.24. The SMILES string of the molecule is FC(F)(F)c1cncc(-c2ccc3cc[nH]c3c2)c1. The number of pyridine rings is 1. The van der Waals surface area contributed by atoms with Crippen LogP contribution in [0.1, 0.15) is 5.56 Å². The van der Waals surface area contributed by atoms with Crippen LogP contribution in [0.5, 0.6) is 0 Å². The molecule has 0 fully saturated rings. The van der Waals surface area contributed by atoms with Crippen molar-refractivity contribution in [3.05, 3.63) is 54.5 Å². The highest BCUT2D eigenvalue weighted by atomic mass is 19.4. The van der Waals surface area contributed by atoms with Crippen molar-refractivity contribution in [1.29, 1.82) is 0 Å². The maximum atomic E-state index is 12.6. The number of alkyl halides is 3. The number of benzene rings is 1. The van der Waals surface area contributed by atoms with E-state index in [0.29, 0.717) is 11.1 Å². The number of halogens is 3. The third kappa shape index (κ3) is 2.19. The number of rotatable bonds is 1. The van der Waals surface area contributed by atoms with E-state index in [1.807, 2.05) is 18.2 Å². The van der Waals surface area contributed by atoms with Crippen LogP contribution in [0.15, 0.2) is 48.9 Å². The molecule has 1 aromatic carbocycles. The summed E-state index contributed by atoms with van der Waals surface area (Å²) in [7, 11) is 0. The molecule has 2 aromatic heterocycles. The van der Waals surface area contributed by atoms with E-state index >= 15 is 0 Å². The van der Waals surface area contributed by atoms with E-state index in [9.17, 15) is 13.2 Å². The molecule has 2 nitrogen and oxygen atoms in total. The summed E-state index contributed by atoms with van der Waals surface area (Å²) in [4.78, 5) is 6.70. The third-order valence-corrected chi connectivity index (χ3v) is 2.95. The number of aromatic nitrogens is 2. The molecule has 1 N–H and O–H groups in total. The van der Waals surface area contributed by atoms with Crippen molar-refractivity contribution in [2.75, 3.05) is 0 Å². The van der Waals surface area contributed by atoms with Gasteiger partial charge in [-0.1, -0.05) is 12.1 Å². The zero-order valence-electron chi connectivity index (χ0n) is 9.70. The summed E-state index contributed by atoms with van der Waals surface area (Å²) in [6, 6.07) is 8.47. The van der Waals surface area contributed by atoms with Crippen molar-refractivity contribution in [1.82, 2.24) is 9.97 Å². The first kappa shape index (κ1) is 11.8. The standard InChI is InChI=1S/C14H9F3N2/c15-14(16,17)12-5-11(7-18-8-12)10-2-1-9-3-4-19-13(9)6-10/h1-8,19H. The smallest absolute Gasteiger partial charge is 0.361 e. The minimum Gasteiger partial charge on any atom is -0.361 e. The van der Waals surface area contributed by atoms with Gasteiger partial charge in [-0.25, -0.2) is 0 Å². The number of H-pyrrole nitrogens is 1. The highest BCUT2D eigenvalue weighted by Gasteiger charge is 2.31. The maximum absolute atomic E-state index is 12.6. The lowest BCUT2D eigenvalue weighted by atomic mass is 10.0. The van der Waals surface area contributed by atoms with Crippen molar-refractivity contribution in [3.63, 3.8) is 0 Å². The summed E-state index contributed by atoms with van der Waals surface area (Å²) in [5.74, 6) is 0. The van der Waals surface area contributed by atoms with Crippen molar-refractivity contribution < 1.29 is 13.2 Å². The van der Waals surface area contributed by atoms with Gasteiger partial charge in [0, 0.05) is 29.7 Å². The van der Waals surface area contributed by atoms with Crippen LogP contribution in [-0.2, 0) is 6.18 Å². The zero-order chi connectivity index (χ0) is 13.5. The summed E-state index contributed by atoms with van der Waals surface area (Å²) in [6.07, 6.45) is -0.325. The molecule has 0 saturated carbocycles. The Bertz CT molecular complexity index is 729. The van der Waals surface area contributed by atoms with E-state index in [1.165, 1.54) is 6.20 Å². The first-order valence-electron chi connectivity index (χ1n) is 5.64. The number of nitrogens with zero attached hydrogens (tertiary/aromatic N) is 1. The van der Waals surface area contributed by atoms with Gasteiger partial charge in [0.2, 0.25) is 0 Å². The molecule has 0 aliphatic heterocycles. The Labute approximate surface area is 106 Å². The summed E-state index contributed by atoms with van der Waals surface area (Å²) in [5, 5.41) is 1.02. The van der Waals surface area contributed by atoms with E-state index < -0.39 is 11.7 Å². The van der Waals surface area contributed by atoms with E-state index in [1.54, 1.807) is 12.3 Å². The molecule has 0 atom stereocenters. The Balaban J connectivity index is 2.10. The lowest BCUT2D eigenvalue weighted by Crippen LogP contribution is -2.05. The van der Waals surface area contributed by atoms with Crippen molar-refractivity contribution in [2.24, 2.45) is 0 Å². The highest BCUT2D eigenvalue weighted by Crippen LogP contribution is 2.32. The lowest BCUT2D eigenvalue weighted by molar-refractivity contribution is -0.137. The molecule has 19 heavy (non-hydrogen) atoms. The summed E-state index contributed by atoms with van der Waals surface area (Å²) < 4.78 is 37.9. The molecule has 0 aliphatic carbocycles. The van der Waals surface area contributed by atoms with Gasteiger partial charge < -0.3 is 4.98 Å². The van der Waals surface area contributed by atoms with Crippen LogP contribution < -0.4 is 0 Å². The average Bonchev–Trinajstić information content (AvgIpc) is 2.85. The van der Waals surface area contributed by atoms with Crippen LogP contribution in [-0.4, -0.2) is 9.97 Å². The van der Waals surface area contributed by atoms with Crippen LogP contribution in [0, 0.1) is 0 Å². The third-order valence-electron chi connectivity index (χ3n) is 2.95. The van der Waals surface area contributed by atoms with Crippen molar-refractivity contribution >= 4 is 10.9 Å². The Morgan fingerprint density at radius 2 is 1.79 bits per heavy atom. The number of nitrogens with one attached hydrogen (secondary N) is 1. The molecule has 0 bridgehead atoms. The molecule has 96 valence electrons. The second kappa shape index (κ2) is 4.12. The molecule has 0 spiro atoms. The Hall–Kier alpha value is -2.30. The van der Waals surface area contributed by atoms with Crippen LogP contribution in [0.3, 0.4) is 0 Å². The zero-order valence-corrected chi connectivity index (χ0v) is 9.70. The molecule has 2 heterocycles. The topological polar surface area (TPSA) is 28.7 Å². The Kier molecular flexibility index (Phi) is 2.55. The first-order chi connectivity index (χ1) is 9.04. The van der Waals surface area contributed by atoms with E-state index in [4.69, 9.17) is 0 Å². The van der Waals surface area contributed by atoms with Gasteiger partial charge in [0.05, 0.1) is 5.56 Å². The number of fused-ring (bicyclic) bond motifs is 1. The maximum Gasteiger partial charge on any atom is 0.417 e. The fourth-order valence-corrected chi connectivity index (χ4v) is 1.98. The predicted molar refractivity (Wildman–Crippen MR) is 66.5 cm³/mol. The average molecular weight is 262 g/mol. The molecule has 5 heteroatoms. The van der Waals surface area contributed by atoms with E-state index in [2.05, 4.69) is 9.97 Å². The predicted octanol–water partition coefficient (Wildman–Crippen LogP) is 4.25. The molecule has 0 amide bonds. The molecule has 3 aromatic rings. The van der Waals surface area contributed by atoms with Gasteiger partial charge in [-0.05, 0) is 29.1 Å². The van der Waals surface area contributed by atoms with Gasteiger partial charge in [0.25, 0.3) is 0 Å². The first-order valence-corrected chi connectivity index (χ1v) is 5.64. The molecule has 0 unspecified atom stereocenters. The molecule has 0 saturated heterocycles. The quantitative estimate of drug-likeness (QED) is 0.697. The fourth-order valence-electron chi connectivity index (χ4n) is 1.98. The summed E-state index contributed by atoms with van der Waals surface area (Å²) in [5.41, 5.74) is 1.30. The lowest BCUT2D eigenvalue weighted by Gasteiger charge is -2.08. The van der Waals surface area contributed by atoms with Gasteiger partial charge in [-0.15, -0.1) is 0 Å². The number of aromatic amines is 1. The van der Waals surface area contributed by atoms with Crippen LogP contribution in [0.4, 0.5) is 13.2 Å². The van der Waals surface area contributed by atoms with Gasteiger partial charge in [-0.3, -0.25) is 4.98 Å². The number of hydrogen-bond donors (Lipinski definition) is 1. The second-order valence-corrected chi connectivity index (χ2v) is 4.24.